The van der Waals surface area contributed by atoms with Gasteiger partial charge in [0.15, 0.2) is 11.5 Å². The van der Waals surface area contributed by atoms with Gasteiger partial charge in [0, 0.05) is 41.2 Å². The van der Waals surface area contributed by atoms with E-state index in [-0.39, 0.29) is 5.91 Å². The summed E-state index contributed by atoms with van der Waals surface area (Å²) in [4.78, 5) is 16.4. The molecule has 144 valence electrons. The lowest BCUT2D eigenvalue weighted by Gasteiger charge is -2.13. The first kappa shape index (κ1) is 19.7. The molecule has 1 aromatic heterocycles. The molecule has 0 aliphatic carbocycles. The van der Waals surface area contributed by atoms with Crippen LogP contribution in [0.5, 0.6) is 11.5 Å². The first-order valence-electron chi connectivity index (χ1n) is 8.88. The minimum absolute atomic E-state index is 0.0710. The number of carbonyl (C=O) groups excluding carboxylic acids is 1. The Kier molecular flexibility index (Phi) is 6.87. The van der Waals surface area contributed by atoms with E-state index >= 15 is 0 Å². The summed E-state index contributed by atoms with van der Waals surface area (Å²) in [5.41, 5.74) is 2.67. The van der Waals surface area contributed by atoms with Gasteiger partial charge in [-0.1, -0.05) is 29.8 Å². The maximum absolute atomic E-state index is 12.3. The lowest BCUT2D eigenvalue weighted by Crippen LogP contribution is -2.12. The number of hydrogen-bond donors (Lipinski definition) is 1. The summed E-state index contributed by atoms with van der Waals surface area (Å²) in [6.45, 7) is 0.359. The molecule has 0 atom stereocenters. The normalized spacial score (nSPS) is 10.4. The van der Waals surface area contributed by atoms with Crippen LogP contribution in [-0.4, -0.2) is 18.0 Å². The van der Waals surface area contributed by atoms with E-state index in [4.69, 9.17) is 21.1 Å². The van der Waals surface area contributed by atoms with Crippen molar-refractivity contribution in [2.24, 2.45) is 0 Å². The molecule has 0 bridgehead atoms. The number of benzene rings is 2. The van der Waals surface area contributed by atoms with Gasteiger partial charge in [0.1, 0.15) is 6.61 Å². The van der Waals surface area contributed by atoms with Crippen molar-refractivity contribution in [2.75, 3.05) is 12.4 Å². The van der Waals surface area contributed by atoms with Crippen molar-refractivity contribution in [3.63, 3.8) is 0 Å². The summed E-state index contributed by atoms with van der Waals surface area (Å²) in [7, 11) is 1.58. The molecule has 6 heteroatoms. The number of aromatic nitrogens is 1. The highest BCUT2D eigenvalue weighted by Gasteiger charge is 2.09. The highest BCUT2D eigenvalue weighted by molar-refractivity contribution is 6.30. The lowest BCUT2D eigenvalue weighted by atomic mass is 10.1. The van der Waals surface area contributed by atoms with Gasteiger partial charge < -0.3 is 14.8 Å². The number of halogens is 1. The van der Waals surface area contributed by atoms with Gasteiger partial charge in [-0.15, -0.1) is 0 Å². The number of pyridine rings is 1. The van der Waals surface area contributed by atoms with Crippen LogP contribution >= 0.6 is 11.6 Å². The molecule has 3 aromatic rings. The van der Waals surface area contributed by atoms with Gasteiger partial charge in [-0.25, -0.2) is 0 Å². The van der Waals surface area contributed by atoms with E-state index in [9.17, 15) is 4.79 Å². The molecule has 28 heavy (non-hydrogen) atoms. The van der Waals surface area contributed by atoms with E-state index in [0.29, 0.717) is 41.7 Å². The van der Waals surface area contributed by atoms with Gasteiger partial charge in [-0.2, -0.15) is 0 Å². The predicted molar refractivity (Wildman–Crippen MR) is 110 cm³/mol. The number of carbonyl (C=O) groups is 1. The first-order chi connectivity index (χ1) is 13.6. The van der Waals surface area contributed by atoms with E-state index in [2.05, 4.69) is 10.3 Å². The molecule has 0 saturated carbocycles. The Labute approximate surface area is 169 Å². The number of hydrogen-bond acceptors (Lipinski definition) is 4. The molecule has 0 fully saturated rings. The van der Waals surface area contributed by atoms with Crippen LogP contribution in [0.3, 0.4) is 0 Å². The number of nitrogens with zero attached hydrogens (tertiary/aromatic N) is 1. The number of amides is 1. The second-order valence-electron chi connectivity index (χ2n) is 6.19. The molecule has 0 aliphatic rings. The SMILES string of the molecule is COc1ccc(NC(=O)CCc2ccc(Cl)cc2)cc1OCc1cccnc1. The van der Waals surface area contributed by atoms with E-state index in [1.165, 1.54) is 0 Å². The molecular formula is C22H21ClN2O3. The zero-order valence-electron chi connectivity index (χ0n) is 15.5. The molecule has 0 unspecified atom stereocenters. The number of methoxy groups -OCH3 is 1. The number of aryl methyl sites for hydroxylation is 1. The summed E-state index contributed by atoms with van der Waals surface area (Å²) < 4.78 is 11.2. The number of rotatable bonds is 8. The first-order valence-corrected chi connectivity index (χ1v) is 9.26. The number of nitrogens with one attached hydrogen (secondary N) is 1. The third-order valence-corrected chi connectivity index (χ3v) is 4.37. The Morgan fingerprint density at radius 3 is 2.61 bits per heavy atom. The maximum Gasteiger partial charge on any atom is 0.224 e. The van der Waals surface area contributed by atoms with Crippen molar-refractivity contribution in [1.29, 1.82) is 0 Å². The summed E-state index contributed by atoms with van der Waals surface area (Å²) in [6, 6.07) is 16.6. The van der Waals surface area contributed by atoms with Crippen LogP contribution in [0.25, 0.3) is 0 Å². The fraction of sp³-hybridized carbons (Fsp3) is 0.182. The average Bonchev–Trinajstić information content (AvgIpc) is 2.73. The van der Waals surface area contributed by atoms with Crippen LogP contribution in [0, 0.1) is 0 Å². The van der Waals surface area contributed by atoms with Gasteiger partial charge in [0.25, 0.3) is 0 Å². The summed E-state index contributed by atoms with van der Waals surface area (Å²) >= 11 is 5.88. The zero-order chi connectivity index (χ0) is 19.8. The largest absolute Gasteiger partial charge is 0.493 e. The smallest absolute Gasteiger partial charge is 0.224 e. The number of ether oxygens (including phenoxy) is 2. The quantitative estimate of drug-likeness (QED) is 0.588. The summed E-state index contributed by atoms with van der Waals surface area (Å²) in [5, 5.41) is 3.59. The molecular weight excluding hydrogens is 376 g/mol. The monoisotopic (exact) mass is 396 g/mol. The van der Waals surface area contributed by atoms with Crippen molar-refractivity contribution in [3.05, 3.63) is 83.1 Å². The topological polar surface area (TPSA) is 60.5 Å². The Morgan fingerprint density at radius 2 is 1.89 bits per heavy atom. The molecule has 0 aliphatic heterocycles. The van der Waals surface area contributed by atoms with Gasteiger partial charge in [0.05, 0.1) is 7.11 Å². The molecule has 0 saturated heterocycles. The van der Waals surface area contributed by atoms with Crippen LogP contribution < -0.4 is 14.8 Å². The molecule has 3 rings (SSSR count). The van der Waals surface area contributed by atoms with Crippen LogP contribution in [0.2, 0.25) is 5.02 Å². The zero-order valence-corrected chi connectivity index (χ0v) is 16.3. The molecule has 1 N–H and O–H groups in total. The summed E-state index contributed by atoms with van der Waals surface area (Å²) in [5.74, 6) is 1.09. The molecule has 0 radical (unpaired) electrons. The van der Waals surface area contributed by atoms with Crippen molar-refractivity contribution in [2.45, 2.75) is 19.4 Å². The molecule has 2 aromatic carbocycles. The molecule has 1 heterocycles. The van der Waals surface area contributed by atoms with Crippen LogP contribution in [0.15, 0.2) is 67.0 Å². The maximum atomic E-state index is 12.3. The van der Waals surface area contributed by atoms with Crippen LogP contribution in [-0.2, 0) is 17.8 Å². The Morgan fingerprint density at radius 1 is 1.07 bits per heavy atom. The van der Waals surface area contributed by atoms with Crippen LogP contribution in [0.1, 0.15) is 17.5 Å². The average molecular weight is 397 g/mol. The molecule has 5 nitrogen and oxygen atoms in total. The van der Waals surface area contributed by atoms with Gasteiger partial charge in [-0.3, -0.25) is 9.78 Å². The van der Waals surface area contributed by atoms with Gasteiger partial charge in [0.2, 0.25) is 5.91 Å². The second kappa shape index (κ2) is 9.76. The third-order valence-electron chi connectivity index (χ3n) is 4.12. The fourth-order valence-electron chi connectivity index (χ4n) is 2.64. The predicted octanol–water partition coefficient (Wildman–Crippen LogP) is 4.89. The fourth-order valence-corrected chi connectivity index (χ4v) is 2.77. The van der Waals surface area contributed by atoms with Crippen molar-refractivity contribution >= 4 is 23.2 Å². The van der Waals surface area contributed by atoms with Crippen molar-refractivity contribution in [3.8, 4) is 11.5 Å². The third kappa shape index (κ3) is 5.72. The van der Waals surface area contributed by atoms with E-state index in [1.54, 1.807) is 37.7 Å². The Balaban J connectivity index is 1.60. The minimum atomic E-state index is -0.0710. The molecule has 1 amide bonds. The summed E-state index contributed by atoms with van der Waals surface area (Å²) in [6.07, 6.45) is 4.47. The standard InChI is InChI=1S/C22H21ClN2O3/c1-27-20-10-9-19(13-21(20)28-15-17-3-2-12-24-14-17)25-22(26)11-6-16-4-7-18(23)8-5-16/h2-5,7-10,12-14H,6,11,15H2,1H3,(H,25,26). The Bertz CT molecular complexity index is 915. The Hall–Kier alpha value is -3.05. The van der Waals surface area contributed by atoms with Crippen LogP contribution in [0.4, 0.5) is 5.69 Å². The molecule has 0 spiro atoms. The van der Waals surface area contributed by atoms with E-state index in [0.717, 1.165) is 11.1 Å². The number of anilines is 1. The highest BCUT2D eigenvalue weighted by Crippen LogP contribution is 2.31. The van der Waals surface area contributed by atoms with E-state index in [1.807, 2.05) is 36.4 Å². The van der Waals surface area contributed by atoms with Gasteiger partial charge in [-0.05, 0) is 42.3 Å². The second-order valence-corrected chi connectivity index (χ2v) is 6.63. The minimum Gasteiger partial charge on any atom is -0.493 e. The van der Waals surface area contributed by atoms with Gasteiger partial charge >= 0.3 is 0 Å². The van der Waals surface area contributed by atoms with E-state index < -0.39 is 0 Å². The highest BCUT2D eigenvalue weighted by atomic mass is 35.5. The van der Waals surface area contributed by atoms with Crippen molar-refractivity contribution in [1.82, 2.24) is 4.98 Å². The lowest BCUT2D eigenvalue weighted by molar-refractivity contribution is -0.116. The van der Waals surface area contributed by atoms with Crippen molar-refractivity contribution < 1.29 is 14.3 Å².